The van der Waals surface area contributed by atoms with E-state index >= 15 is 8.78 Å². The van der Waals surface area contributed by atoms with Gasteiger partial charge in [-0.2, -0.15) is 8.78 Å². The summed E-state index contributed by atoms with van der Waals surface area (Å²) in [7, 11) is 0. The number of nitrogens with zero attached hydrogens (tertiary/aromatic N) is 1. The van der Waals surface area contributed by atoms with Crippen molar-refractivity contribution in [3.63, 3.8) is 0 Å². The van der Waals surface area contributed by atoms with E-state index in [1.54, 1.807) is 18.2 Å². The van der Waals surface area contributed by atoms with Gasteiger partial charge in [0.15, 0.2) is 17.3 Å². The fourth-order valence-electron chi connectivity index (χ4n) is 4.81. The number of rotatable bonds is 7. The molecular formula is C26H27ClF2N2O5. The summed E-state index contributed by atoms with van der Waals surface area (Å²) in [4.78, 5) is 14.9. The van der Waals surface area contributed by atoms with E-state index < -0.39 is 29.7 Å². The van der Waals surface area contributed by atoms with E-state index in [1.807, 2.05) is 4.90 Å². The van der Waals surface area contributed by atoms with Crippen LogP contribution >= 0.6 is 11.6 Å². The number of aliphatic hydroxyl groups excluding tert-OH is 1. The van der Waals surface area contributed by atoms with E-state index in [-0.39, 0.29) is 17.5 Å². The number of hydrogen-bond donors (Lipinski definition) is 2. The first-order valence-corrected chi connectivity index (χ1v) is 12.1. The van der Waals surface area contributed by atoms with Gasteiger partial charge in [0.2, 0.25) is 0 Å². The van der Waals surface area contributed by atoms with Gasteiger partial charge in [-0.15, -0.1) is 0 Å². The third-order valence-electron chi connectivity index (χ3n) is 6.44. The monoisotopic (exact) mass is 520 g/mol. The number of benzene rings is 2. The lowest BCUT2D eigenvalue weighted by Crippen LogP contribution is -2.59. The van der Waals surface area contributed by atoms with Crippen LogP contribution in [-0.4, -0.2) is 54.8 Å². The molecule has 0 radical (unpaired) electrons. The molecule has 2 aliphatic rings. The highest BCUT2D eigenvalue weighted by Crippen LogP contribution is 2.37. The Kier molecular flexibility index (Phi) is 6.34. The Balaban J connectivity index is 1.39. The zero-order valence-corrected chi connectivity index (χ0v) is 20.6. The Hall–Kier alpha value is -2.88. The first-order valence-electron chi connectivity index (χ1n) is 11.7. The highest BCUT2D eigenvalue weighted by atomic mass is 35.5. The number of carbonyl (C=O) groups excluding carboxylic acids is 1. The molecular weight excluding hydrogens is 494 g/mol. The second-order valence-corrected chi connectivity index (χ2v) is 10.6. The number of hydrogen-bond acceptors (Lipinski definition) is 6. The molecule has 1 saturated heterocycles. The van der Waals surface area contributed by atoms with Crippen LogP contribution in [0, 0.1) is 5.41 Å². The fraction of sp³-hybridized carbons (Fsp3) is 0.423. The zero-order valence-electron chi connectivity index (χ0n) is 19.9. The number of halogens is 3. The maximum Gasteiger partial charge on any atom is 0.380 e. The molecule has 192 valence electrons. The van der Waals surface area contributed by atoms with Crippen LogP contribution in [0.25, 0.3) is 11.0 Å². The van der Waals surface area contributed by atoms with Gasteiger partial charge < -0.3 is 29.2 Å². The molecule has 2 atom stereocenters. The van der Waals surface area contributed by atoms with Crippen LogP contribution in [0.3, 0.4) is 0 Å². The molecule has 1 aromatic heterocycles. The van der Waals surface area contributed by atoms with E-state index in [9.17, 15) is 9.90 Å². The summed E-state index contributed by atoms with van der Waals surface area (Å²) in [6, 6.07) is 9.47. The minimum absolute atomic E-state index is 0.0794. The van der Waals surface area contributed by atoms with Crippen molar-refractivity contribution in [2.75, 3.05) is 32.8 Å². The average molecular weight is 521 g/mol. The van der Waals surface area contributed by atoms with E-state index in [2.05, 4.69) is 19.2 Å². The summed E-state index contributed by atoms with van der Waals surface area (Å²) in [5.41, 5.74) is 0.694. The molecule has 2 aromatic carbocycles. The minimum Gasteiger partial charge on any atom is -0.486 e. The molecule has 3 aromatic rings. The lowest BCUT2D eigenvalue weighted by molar-refractivity contribution is -0.151. The zero-order chi connectivity index (χ0) is 25.7. The minimum atomic E-state index is -3.97. The molecule has 2 N–H and O–H groups in total. The third kappa shape index (κ3) is 4.87. The summed E-state index contributed by atoms with van der Waals surface area (Å²) in [6.45, 7) is 6.59. The number of carbonyl (C=O) groups is 1. The van der Waals surface area contributed by atoms with Gasteiger partial charge in [0.05, 0.1) is 6.04 Å². The van der Waals surface area contributed by atoms with Crippen LogP contribution in [0.4, 0.5) is 8.78 Å². The second kappa shape index (κ2) is 9.21. The van der Waals surface area contributed by atoms with Crippen molar-refractivity contribution in [2.24, 2.45) is 5.41 Å². The SMILES string of the molecule is CC1(C)CN(C[C@@H](NC(=O)C(F)(F)c2cc3cc(Cl)ccc3o2)[C@H](O)c2ccc3c(c2)OCCO3)C1. The molecule has 0 saturated carbocycles. The number of fused-ring (bicyclic) bond motifs is 2. The van der Waals surface area contributed by atoms with Crippen molar-refractivity contribution in [3.05, 3.63) is 58.8 Å². The summed E-state index contributed by atoms with van der Waals surface area (Å²) in [5, 5.41) is 14.3. The van der Waals surface area contributed by atoms with Crippen molar-refractivity contribution in [3.8, 4) is 11.5 Å². The van der Waals surface area contributed by atoms with Gasteiger partial charge in [-0.1, -0.05) is 31.5 Å². The van der Waals surface area contributed by atoms with Gasteiger partial charge in [-0.3, -0.25) is 4.79 Å². The van der Waals surface area contributed by atoms with Crippen LogP contribution in [0.2, 0.25) is 5.02 Å². The molecule has 2 aliphatic heterocycles. The molecule has 5 rings (SSSR count). The van der Waals surface area contributed by atoms with Crippen LogP contribution < -0.4 is 14.8 Å². The quantitative estimate of drug-likeness (QED) is 0.477. The summed E-state index contributed by atoms with van der Waals surface area (Å²) < 4.78 is 46.8. The van der Waals surface area contributed by atoms with Gasteiger partial charge >= 0.3 is 5.92 Å². The number of alkyl halides is 2. The number of nitrogens with one attached hydrogen (secondary N) is 1. The normalized spacial score (nSPS) is 18.9. The first kappa shape index (κ1) is 24.8. The van der Waals surface area contributed by atoms with Crippen molar-refractivity contribution in [1.82, 2.24) is 10.2 Å². The standard InChI is InChI=1S/C26H27ClF2N2O5/c1-25(2)13-31(14-25)12-18(23(32)15-3-5-20-21(10-15)35-8-7-34-20)30-24(33)26(28,29)22-11-16-9-17(27)4-6-19(16)36-22/h3-6,9-11,18,23,32H,7-8,12-14H2,1-2H3,(H,30,33)/t18-,23-/m1/s1. The van der Waals surface area contributed by atoms with Crippen molar-refractivity contribution in [2.45, 2.75) is 31.9 Å². The van der Waals surface area contributed by atoms with E-state index in [4.69, 9.17) is 25.5 Å². The van der Waals surface area contributed by atoms with E-state index in [0.717, 1.165) is 6.07 Å². The van der Waals surface area contributed by atoms with Crippen LogP contribution in [0.15, 0.2) is 46.9 Å². The predicted octanol–water partition coefficient (Wildman–Crippen LogP) is 4.51. The smallest absolute Gasteiger partial charge is 0.380 e. The summed E-state index contributed by atoms with van der Waals surface area (Å²) in [5.74, 6) is -5.33. The highest BCUT2D eigenvalue weighted by molar-refractivity contribution is 6.31. The summed E-state index contributed by atoms with van der Waals surface area (Å²) >= 11 is 5.94. The number of aliphatic hydroxyl groups is 1. The average Bonchev–Trinajstić information content (AvgIpc) is 3.25. The lowest BCUT2D eigenvalue weighted by atomic mass is 9.84. The Morgan fingerprint density at radius 2 is 1.86 bits per heavy atom. The first-order chi connectivity index (χ1) is 17.0. The summed E-state index contributed by atoms with van der Waals surface area (Å²) in [6.07, 6.45) is -1.27. The topological polar surface area (TPSA) is 84.2 Å². The second-order valence-electron chi connectivity index (χ2n) is 10.1. The molecule has 0 bridgehead atoms. The Morgan fingerprint density at radius 3 is 2.58 bits per heavy atom. The van der Waals surface area contributed by atoms with Crippen LogP contribution in [0.5, 0.6) is 11.5 Å². The van der Waals surface area contributed by atoms with E-state index in [1.165, 1.54) is 18.2 Å². The highest BCUT2D eigenvalue weighted by Gasteiger charge is 2.47. The predicted molar refractivity (Wildman–Crippen MR) is 130 cm³/mol. The van der Waals surface area contributed by atoms with Crippen LogP contribution in [0.1, 0.15) is 31.3 Å². The van der Waals surface area contributed by atoms with Crippen molar-refractivity contribution in [1.29, 1.82) is 0 Å². The van der Waals surface area contributed by atoms with Gasteiger partial charge in [-0.25, -0.2) is 0 Å². The molecule has 0 spiro atoms. The molecule has 1 fully saturated rings. The Labute approximate surface area is 211 Å². The molecule has 0 unspecified atom stereocenters. The van der Waals surface area contributed by atoms with Crippen LogP contribution in [-0.2, 0) is 10.7 Å². The maximum atomic E-state index is 15.2. The molecule has 10 heteroatoms. The van der Waals surface area contributed by atoms with Crippen molar-refractivity contribution >= 4 is 28.5 Å². The number of amides is 1. The molecule has 1 amide bonds. The molecule has 7 nitrogen and oxygen atoms in total. The molecule has 0 aliphatic carbocycles. The maximum absolute atomic E-state index is 15.2. The van der Waals surface area contributed by atoms with Gasteiger partial charge in [-0.05, 0) is 47.4 Å². The molecule has 3 heterocycles. The van der Waals surface area contributed by atoms with Gasteiger partial charge in [0, 0.05) is 30.0 Å². The van der Waals surface area contributed by atoms with Crippen molar-refractivity contribution < 1.29 is 32.6 Å². The fourth-order valence-corrected chi connectivity index (χ4v) is 4.99. The Morgan fingerprint density at radius 1 is 1.14 bits per heavy atom. The third-order valence-corrected chi connectivity index (χ3v) is 6.67. The largest absolute Gasteiger partial charge is 0.486 e. The number of ether oxygens (including phenoxy) is 2. The molecule has 36 heavy (non-hydrogen) atoms. The van der Waals surface area contributed by atoms with Gasteiger partial charge in [0.25, 0.3) is 5.91 Å². The number of likely N-dealkylation sites (tertiary alicyclic amines) is 1. The Bertz CT molecular complexity index is 1290. The van der Waals surface area contributed by atoms with E-state index in [0.29, 0.717) is 53.8 Å². The lowest BCUT2D eigenvalue weighted by Gasteiger charge is -2.47. The number of furan rings is 1. The van der Waals surface area contributed by atoms with Gasteiger partial charge in [0.1, 0.15) is 24.9 Å².